The summed E-state index contributed by atoms with van der Waals surface area (Å²) in [5.74, 6) is -3.84. The molecule has 2 aliphatic heterocycles. The highest BCUT2D eigenvalue weighted by Gasteiger charge is 2.72. The number of hydrogen-bond acceptors (Lipinski definition) is 10. The highest BCUT2D eigenvalue weighted by Crippen LogP contribution is 2.54. The third-order valence-corrected chi connectivity index (χ3v) is 9.37. The number of aliphatic hydroxyl groups excluding tert-OH is 2. The standard InChI is InChI=1S/C24H46N2O9/c1-14-19(4,16(12-27)33-24(9,32-11)20(14,5)26-15(2)29)35-22(7)17(25)21(6,30)23(8,31-10)18(3,13-28)34-22/h14,16-17,27-28,30H,12-13,25H2,1-11H3,(H,26,29). The zero-order valence-corrected chi connectivity index (χ0v) is 23.0. The summed E-state index contributed by atoms with van der Waals surface area (Å²) in [6, 6.07) is -1.16. The van der Waals surface area contributed by atoms with Crippen LogP contribution in [-0.4, -0.2) is 100 Å². The summed E-state index contributed by atoms with van der Waals surface area (Å²) in [6.07, 6.45) is -0.932. The summed E-state index contributed by atoms with van der Waals surface area (Å²) in [7, 11) is 2.87. The molecule has 10 unspecified atom stereocenters. The van der Waals surface area contributed by atoms with E-state index in [4.69, 9.17) is 29.4 Å². The molecule has 0 aromatic carbocycles. The van der Waals surface area contributed by atoms with Crippen LogP contribution >= 0.6 is 0 Å². The van der Waals surface area contributed by atoms with E-state index in [9.17, 15) is 20.1 Å². The van der Waals surface area contributed by atoms with Crippen LogP contribution in [0.15, 0.2) is 0 Å². The molecule has 0 saturated carbocycles. The molecule has 6 N–H and O–H groups in total. The van der Waals surface area contributed by atoms with Crippen LogP contribution in [0.5, 0.6) is 0 Å². The molecular weight excluding hydrogens is 460 g/mol. The van der Waals surface area contributed by atoms with Crippen LogP contribution in [0, 0.1) is 5.92 Å². The van der Waals surface area contributed by atoms with Gasteiger partial charge in [0.1, 0.15) is 28.5 Å². The predicted molar refractivity (Wildman–Crippen MR) is 127 cm³/mol. The molecule has 2 aliphatic rings. The third-order valence-electron chi connectivity index (χ3n) is 9.37. The first-order chi connectivity index (χ1) is 15.7. The number of nitrogens with two attached hydrogens (primary N) is 1. The molecule has 11 nitrogen and oxygen atoms in total. The maximum absolute atomic E-state index is 12.2. The molecule has 206 valence electrons. The van der Waals surface area contributed by atoms with Crippen molar-refractivity contribution in [3.8, 4) is 0 Å². The normalized spacial score (nSPS) is 52.8. The molecule has 2 heterocycles. The Morgan fingerprint density at radius 1 is 1.06 bits per heavy atom. The van der Waals surface area contributed by atoms with E-state index in [1.807, 2.05) is 6.92 Å². The topological polar surface area (TPSA) is 162 Å². The van der Waals surface area contributed by atoms with Gasteiger partial charge in [-0.05, 0) is 48.5 Å². The first-order valence-electron chi connectivity index (χ1n) is 11.9. The van der Waals surface area contributed by atoms with E-state index in [1.165, 1.54) is 28.1 Å². The molecule has 0 aromatic rings. The van der Waals surface area contributed by atoms with Crippen molar-refractivity contribution >= 4 is 5.91 Å². The number of aliphatic hydroxyl groups is 3. The zero-order valence-electron chi connectivity index (χ0n) is 23.0. The first-order valence-corrected chi connectivity index (χ1v) is 11.9. The number of carbonyl (C=O) groups is 1. The number of rotatable bonds is 7. The van der Waals surface area contributed by atoms with Crippen molar-refractivity contribution in [3.05, 3.63) is 0 Å². The Labute approximate surface area is 208 Å². The largest absolute Gasteiger partial charge is 0.394 e. The Hall–Kier alpha value is -0.890. The van der Waals surface area contributed by atoms with Crippen LogP contribution in [-0.2, 0) is 28.5 Å². The Kier molecular flexibility index (Phi) is 7.92. The van der Waals surface area contributed by atoms with E-state index in [0.717, 1.165) is 0 Å². The van der Waals surface area contributed by atoms with Gasteiger partial charge >= 0.3 is 0 Å². The second-order valence-electron chi connectivity index (χ2n) is 11.2. The molecule has 10 atom stereocenters. The molecule has 2 saturated heterocycles. The highest BCUT2D eigenvalue weighted by atomic mass is 16.8. The molecule has 1 amide bonds. The fraction of sp³-hybridized carbons (Fsp3) is 0.958. The van der Waals surface area contributed by atoms with Gasteiger partial charge in [-0.2, -0.15) is 0 Å². The molecule has 11 heteroatoms. The minimum Gasteiger partial charge on any atom is -0.394 e. The first kappa shape index (κ1) is 30.3. The lowest BCUT2D eigenvalue weighted by Gasteiger charge is -2.66. The average Bonchev–Trinajstić information content (AvgIpc) is 2.77. The predicted octanol–water partition coefficient (Wildman–Crippen LogP) is 0.0271. The van der Waals surface area contributed by atoms with Crippen LogP contribution in [0.1, 0.15) is 62.3 Å². The van der Waals surface area contributed by atoms with Gasteiger partial charge in [0.2, 0.25) is 5.91 Å². The molecule has 0 radical (unpaired) electrons. The van der Waals surface area contributed by atoms with Gasteiger partial charge in [-0.1, -0.05) is 6.92 Å². The maximum atomic E-state index is 12.2. The molecule has 0 spiro atoms. The van der Waals surface area contributed by atoms with Gasteiger partial charge in [0.25, 0.3) is 0 Å². The summed E-state index contributed by atoms with van der Waals surface area (Å²) in [5, 5.41) is 35.3. The van der Waals surface area contributed by atoms with E-state index in [0.29, 0.717) is 0 Å². The van der Waals surface area contributed by atoms with Crippen LogP contribution in [0.25, 0.3) is 0 Å². The van der Waals surface area contributed by atoms with Crippen LogP contribution in [0.2, 0.25) is 0 Å². The smallest absolute Gasteiger partial charge is 0.217 e. The summed E-state index contributed by atoms with van der Waals surface area (Å²) < 4.78 is 30.6. The number of nitrogens with one attached hydrogen (secondary N) is 1. The lowest BCUT2D eigenvalue weighted by atomic mass is 9.64. The second kappa shape index (κ2) is 9.14. The van der Waals surface area contributed by atoms with Gasteiger partial charge in [-0.15, -0.1) is 0 Å². The lowest BCUT2D eigenvalue weighted by Crippen LogP contribution is -2.84. The van der Waals surface area contributed by atoms with Crippen molar-refractivity contribution in [3.63, 3.8) is 0 Å². The van der Waals surface area contributed by atoms with Crippen molar-refractivity contribution in [2.75, 3.05) is 27.4 Å². The van der Waals surface area contributed by atoms with Crippen molar-refractivity contribution in [2.45, 2.75) is 114 Å². The minimum absolute atomic E-state index is 0.306. The van der Waals surface area contributed by atoms with E-state index >= 15 is 0 Å². The van der Waals surface area contributed by atoms with E-state index < -0.39 is 70.8 Å². The molecule has 0 aliphatic carbocycles. The van der Waals surface area contributed by atoms with Crippen LogP contribution in [0.4, 0.5) is 0 Å². The maximum Gasteiger partial charge on any atom is 0.217 e. The van der Waals surface area contributed by atoms with Crippen molar-refractivity contribution in [1.82, 2.24) is 5.32 Å². The number of hydrogen-bond donors (Lipinski definition) is 5. The number of carbonyl (C=O) groups excluding carboxylic acids is 1. The Bertz CT molecular complexity index is 807. The van der Waals surface area contributed by atoms with Crippen molar-refractivity contribution in [2.24, 2.45) is 11.7 Å². The molecule has 2 fully saturated rings. The summed E-state index contributed by atoms with van der Waals surface area (Å²) in [5.41, 5.74) is -0.393. The number of ether oxygens (including phenoxy) is 5. The lowest BCUT2D eigenvalue weighted by molar-refractivity contribution is -0.447. The second-order valence-corrected chi connectivity index (χ2v) is 11.2. The van der Waals surface area contributed by atoms with Gasteiger partial charge < -0.3 is 50.1 Å². The molecule has 35 heavy (non-hydrogen) atoms. The van der Waals surface area contributed by atoms with Gasteiger partial charge in [-0.25, -0.2) is 0 Å². The zero-order chi connectivity index (χ0) is 27.5. The fourth-order valence-corrected chi connectivity index (χ4v) is 6.05. The van der Waals surface area contributed by atoms with Crippen molar-refractivity contribution in [1.29, 1.82) is 0 Å². The summed E-state index contributed by atoms with van der Waals surface area (Å²) in [4.78, 5) is 12.2. The highest BCUT2D eigenvalue weighted by molar-refractivity contribution is 5.74. The number of methoxy groups -OCH3 is 2. The Morgan fingerprint density at radius 3 is 2.00 bits per heavy atom. The average molecular weight is 507 g/mol. The molecule has 0 bridgehead atoms. The summed E-state index contributed by atoms with van der Waals surface area (Å²) >= 11 is 0. The van der Waals surface area contributed by atoms with Gasteiger partial charge in [-0.3, -0.25) is 4.79 Å². The van der Waals surface area contributed by atoms with Gasteiger partial charge in [0.05, 0.1) is 24.8 Å². The number of amides is 1. The summed E-state index contributed by atoms with van der Waals surface area (Å²) in [6.45, 7) is 13.8. The molecule has 0 aromatic heterocycles. The van der Waals surface area contributed by atoms with E-state index in [-0.39, 0.29) is 5.91 Å². The van der Waals surface area contributed by atoms with Crippen LogP contribution in [0.3, 0.4) is 0 Å². The van der Waals surface area contributed by atoms with Crippen LogP contribution < -0.4 is 11.1 Å². The van der Waals surface area contributed by atoms with E-state index in [2.05, 4.69) is 5.32 Å². The Morgan fingerprint density at radius 2 is 1.60 bits per heavy atom. The Balaban J connectivity index is 2.67. The van der Waals surface area contributed by atoms with Crippen molar-refractivity contribution < 1.29 is 43.8 Å². The minimum atomic E-state index is -1.72. The fourth-order valence-electron chi connectivity index (χ4n) is 6.05. The SMILES string of the molecule is COC1(C)OC(CO)C(C)(OC2(C)OC(C)(CO)C(C)(OC)C(C)(O)C2N)C(C)C1(C)NC(C)=O. The molecule has 2 rings (SSSR count). The monoisotopic (exact) mass is 506 g/mol. The van der Waals surface area contributed by atoms with Gasteiger partial charge in [0.15, 0.2) is 11.6 Å². The van der Waals surface area contributed by atoms with E-state index in [1.54, 1.807) is 41.5 Å². The quantitative estimate of drug-likeness (QED) is 0.318. The van der Waals surface area contributed by atoms with Gasteiger partial charge in [0, 0.05) is 27.1 Å². The third kappa shape index (κ3) is 4.04. The molecular formula is C24H46N2O9.